The molecule has 0 radical (unpaired) electrons. The van der Waals surface area contributed by atoms with Gasteiger partial charge in [0.15, 0.2) is 11.5 Å². The summed E-state index contributed by atoms with van der Waals surface area (Å²) in [5.74, 6) is -4.47. The SMILES string of the molecule is Cc1cc([N+](=O)[O-])c(S(=O)(=O)Oc2cc(C(=O)O)cc3c2OC(c2ccccc2)(c2ccccc2)O3)c([N+](=O)[O-])c1. The molecular formula is C27H18N2O11S. The van der Waals surface area contributed by atoms with Gasteiger partial charge in [0.1, 0.15) is 0 Å². The molecule has 0 unspecified atom stereocenters. The summed E-state index contributed by atoms with van der Waals surface area (Å²) in [5.41, 5.74) is -1.69. The van der Waals surface area contributed by atoms with Crippen LogP contribution in [0.4, 0.5) is 11.4 Å². The Balaban J connectivity index is 1.71. The highest BCUT2D eigenvalue weighted by atomic mass is 32.2. The number of ether oxygens (including phenoxy) is 2. The number of rotatable bonds is 8. The normalized spacial score (nSPS) is 13.4. The number of nitrogens with zero attached hydrogens (tertiary/aromatic N) is 2. The maximum absolute atomic E-state index is 13.5. The van der Waals surface area contributed by atoms with Crippen LogP contribution in [0.5, 0.6) is 17.2 Å². The Morgan fingerprint density at radius 3 is 1.83 bits per heavy atom. The van der Waals surface area contributed by atoms with Gasteiger partial charge in [-0.2, -0.15) is 8.42 Å². The molecule has 208 valence electrons. The van der Waals surface area contributed by atoms with Crippen molar-refractivity contribution in [3.63, 3.8) is 0 Å². The molecule has 41 heavy (non-hydrogen) atoms. The number of carboxylic acid groups (broad SMARTS) is 1. The second-order valence-electron chi connectivity index (χ2n) is 8.84. The minimum absolute atomic E-state index is 0.0587. The third kappa shape index (κ3) is 4.76. The van der Waals surface area contributed by atoms with Gasteiger partial charge in [0, 0.05) is 29.3 Å². The summed E-state index contributed by atoms with van der Waals surface area (Å²) in [7, 11) is -5.32. The minimum Gasteiger partial charge on any atom is -0.478 e. The summed E-state index contributed by atoms with van der Waals surface area (Å²) in [6.45, 7) is 1.32. The summed E-state index contributed by atoms with van der Waals surface area (Å²) >= 11 is 0. The van der Waals surface area contributed by atoms with E-state index in [-0.39, 0.29) is 17.1 Å². The van der Waals surface area contributed by atoms with Gasteiger partial charge in [0.2, 0.25) is 5.75 Å². The van der Waals surface area contributed by atoms with E-state index in [1.165, 1.54) is 6.92 Å². The standard InChI is InChI=1S/C27H18N2O11S/c1-16-12-20(28(32)33)25(21(13-16)29(34)35)41(36,37)40-23-15-17(26(30)31)14-22-24(23)39-27(38-22,18-8-4-2-5-9-18)19-10-6-3-7-11-19/h2-15H,1H3,(H,30,31). The molecule has 0 aliphatic carbocycles. The number of aryl methyl sites for hydroxylation is 1. The van der Waals surface area contributed by atoms with Crippen molar-refractivity contribution in [2.24, 2.45) is 0 Å². The molecule has 4 aromatic carbocycles. The number of aromatic carboxylic acids is 1. The molecule has 13 nitrogen and oxygen atoms in total. The lowest BCUT2D eigenvalue weighted by Crippen LogP contribution is -2.36. The molecule has 0 atom stereocenters. The number of nitro benzene ring substituents is 2. The highest BCUT2D eigenvalue weighted by molar-refractivity contribution is 7.87. The topological polar surface area (TPSA) is 185 Å². The number of fused-ring (bicyclic) bond motifs is 1. The fourth-order valence-electron chi connectivity index (χ4n) is 4.40. The molecule has 1 N–H and O–H groups in total. The molecule has 0 spiro atoms. The Morgan fingerprint density at radius 2 is 1.37 bits per heavy atom. The summed E-state index contributed by atoms with van der Waals surface area (Å²) in [6, 6.07) is 20.6. The van der Waals surface area contributed by atoms with E-state index in [2.05, 4.69) is 0 Å². The van der Waals surface area contributed by atoms with E-state index in [1.807, 2.05) is 0 Å². The van der Waals surface area contributed by atoms with Crippen molar-refractivity contribution in [2.45, 2.75) is 17.6 Å². The van der Waals surface area contributed by atoms with Gasteiger partial charge in [0.25, 0.3) is 16.3 Å². The number of hydrogen-bond donors (Lipinski definition) is 1. The number of carbonyl (C=O) groups is 1. The molecule has 14 heteroatoms. The smallest absolute Gasteiger partial charge is 0.353 e. The summed E-state index contributed by atoms with van der Waals surface area (Å²) in [6.07, 6.45) is 0. The fourth-order valence-corrected chi connectivity index (χ4v) is 5.62. The van der Waals surface area contributed by atoms with Crippen molar-refractivity contribution >= 4 is 27.5 Å². The Hall–Kier alpha value is -5.50. The average Bonchev–Trinajstić information content (AvgIpc) is 3.34. The Labute approximate surface area is 231 Å². The zero-order valence-corrected chi connectivity index (χ0v) is 21.7. The quantitative estimate of drug-likeness (QED) is 0.169. The van der Waals surface area contributed by atoms with Gasteiger partial charge in [-0.05, 0) is 18.6 Å². The van der Waals surface area contributed by atoms with Crippen molar-refractivity contribution in [1.82, 2.24) is 0 Å². The van der Waals surface area contributed by atoms with Crippen LogP contribution in [-0.2, 0) is 15.9 Å². The second-order valence-corrected chi connectivity index (χ2v) is 10.3. The van der Waals surface area contributed by atoms with Gasteiger partial charge in [-0.25, -0.2) is 4.79 Å². The molecule has 1 heterocycles. The van der Waals surface area contributed by atoms with E-state index in [0.29, 0.717) is 11.1 Å². The largest absolute Gasteiger partial charge is 0.478 e. The predicted octanol–water partition coefficient (Wildman–Crippen LogP) is 4.95. The molecule has 0 saturated heterocycles. The zero-order chi connectivity index (χ0) is 29.5. The first kappa shape index (κ1) is 27.1. The maximum Gasteiger partial charge on any atom is 0.353 e. The first-order valence-corrected chi connectivity index (χ1v) is 13.1. The van der Waals surface area contributed by atoms with Crippen LogP contribution >= 0.6 is 0 Å². The molecule has 0 aromatic heterocycles. The lowest BCUT2D eigenvalue weighted by atomic mass is 9.97. The van der Waals surface area contributed by atoms with Crippen molar-refractivity contribution in [1.29, 1.82) is 0 Å². The van der Waals surface area contributed by atoms with Gasteiger partial charge in [-0.1, -0.05) is 60.7 Å². The molecule has 1 aliphatic rings. The van der Waals surface area contributed by atoms with Gasteiger partial charge < -0.3 is 18.8 Å². The second kappa shape index (κ2) is 9.91. The Morgan fingerprint density at radius 1 is 0.854 bits per heavy atom. The molecule has 5 rings (SSSR count). The molecule has 0 amide bonds. The minimum atomic E-state index is -5.32. The van der Waals surface area contributed by atoms with Crippen molar-refractivity contribution in [2.75, 3.05) is 0 Å². The lowest BCUT2D eigenvalue weighted by Gasteiger charge is -2.28. The molecule has 0 bridgehead atoms. The highest BCUT2D eigenvalue weighted by Gasteiger charge is 2.48. The summed E-state index contributed by atoms with van der Waals surface area (Å²) < 4.78 is 44.5. The van der Waals surface area contributed by atoms with Gasteiger partial charge >= 0.3 is 21.9 Å². The molecule has 0 saturated carbocycles. The van der Waals surface area contributed by atoms with Crippen LogP contribution in [0, 0.1) is 27.2 Å². The van der Waals surface area contributed by atoms with E-state index in [1.54, 1.807) is 60.7 Å². The maximum atomic E-state index is 13.5. The van der Waals surface area contributed by atoms with Crippen LogP contribution in [0.3, 0.4) is 0 Å². The fraction of sp³-hybridized carbons (Fsp3) is 0.0741. The number of carboxylic acids is 1. The van der Waals surface area contributed by atoms with E-state index in [0.717, 1.165) is 24.3 Å². The van der Waals surface area contributed by atoms with E-state index < -0.39 is 59.3 Å². The molecule has 1 aliphatic heterocycles. The van der Waals surface area contributed by atoms with Crippen LogP contribution in [0.15, 0.2) is 89.8 Å². The summed E-state index contributed by atoms with van der Waals surface area (Å²) in [4.78, 5) is 31.9. The zero-order valence-electron chi connectivity index (χ0n) is 20.9. The van der Waals surface area contributed by atoms with Gasteiger partial charge in [-0.3, -0.25) is 20.2 Å². The number of benzene rings is 4. The average molecular weight is 579 g/mol. The van der Waals surface area contributed by atoms with Gasteiger partial charge in [0.05, 0.1) is 15.4 Å². The van der Waals surface area contributed by atoms with Gasteiger partial charge in [-0.15, -0.1) is 0 Å². The first-order valence-electron chi connectivity index (χ1n) is 11.7. The molecule has 4 aromatic rings. The highest BCUT2D eigenvalue weighted by Crippen LogP contribution is 2.53. The van der Waals surface area contributed by atoms with Crippen molar-refractivity contribution < 1.29 is 41.8 Å². The van der Waals surface area contributed by atoms with Crippen LogP contribution in [-0.4, -0.2) is 29.3 Å². The van der Waals surface area contributed by atoms with Crippen LogP contribution in [0.25, 0.3) is 0 Å². The van der Waals surface area contributed by atoms with Crippen molar-refractivity contribution in [3.8, 4) is 17.2 Å². The van der Waals surface area contributed by atoms with Crippen LogP contribution in [0.2, 0.25) is 0 Å². The number of hydrogen-bond acceptors (Lipinski definition) is 10. The summed E-state index contributed by atoms with van der Waals surface area (Å²) in [5, 5.41) is 33.1. The van der Waals surface area contributed by atoms with Crippen LogP contribution in [0.1, 0.15) is 27.0 Å². The Kier molecular flexibility index (Phi) is 6.55. The van der Waals surface area contributed by atoms with E-state index in [9.17, 15) is 38.5 Å². The Bertz CT molecular complexity index is 1750. The third-order valence-electron chi connectivity index (χ3n) is 6.11. The van der Waals surface area contributed by atoms with E-state index in [4.69, 9.17) is 13.7 Å². The predicted molar refractivity (Wildman–Crippen MR) is 141 cm³/mol. The van der Waals surface area contributed by atoms with E-state index >= 15 is 0 Å². The van der Waals surface area contributed by atoms with Crippen molar-refractivity contribution in [3.05, 3.63) is 127 Å². The first-order chi connectivity index (χ1) is 19.4. The lowest BCUT2D eigenvalue weighted by molar-refractivity contribution is -0.400. The molecule has 0 fully saturated rings. The number of nitro groups is 2. The monoisotopic (exact) mass is 578 g/mol. The molecular weight excluding hydrogens is 560 g/mol. The third-order valence-corrected chi connectivity index (χ3v) is 7.43. The van der Waals surface area contributed by atoms with Crippen LogP contribution < -0.4 is 13.7 Å².